The molecule has 4 N–H and O–H groups in total. The van der Waals surface area contributed by atoms with Crippen LogP contribution in [0.2, 0.25) is 0 Å². The predicted molar refractivity (Wildman–Crippen MR) is 138 cm³/mol. The standard InChI is InChI=1S/C25H19F3N8O5/c1-40-24(38)34-22-32-19-11-17(7-9-21(19)36(22)39)41-16-5-3-15(4-6-16)31-23(37)33-18-10-14(25(26,27)28)2-8-20(18)35-13-29-12-30-35/h2-13,39H,1H3,(H2,31,33,37)(H,32,34,38). The van der Waals surface area contributed by atoms with E-state index in [2.05, 4.69) is 35.8 Å². The fourth-order valence-corrected chi connectivity index (χ4v) is 3.71. The van der Waals surface area contributed by atoms with E-state index in [9.17, 15) is 28.0 Å². The highest BCUT2D eigenvalue weighted by Gasteiger charge is 2.31. The number of halogens is 3. The second-order valence-electron chi connectivity index (χ2n) is 8.29. The number of carbonyl (C=O) groups excluding carboxylic acids is 2. The number of benzene rings is 3. The highest BCUT2D eigenvalue weighted by molar-refractivity contribution is 6.01. The van der Waals surface area contributed by atoms with E-state index < -0.39 is 23.9 Å². The van der Waals surface area contributed by atoms with Crippen LogP contribution >= 0.6 is 0 Å². The van der Waals surface area contributed by atoms with Crippen LogP contribution in [-0.4, -0.2) is 48.9 Å². The van der Waals surface area contributed by atoms with Crippen LogP contribution < -0.4 is 20.7 Å². The molecule has 41 heavy (non-hydrogen) atoms. The summed E-state index contributed by atoms with van der Waals surface area (Å²) in [5.41, 5.74) is 0.0718. The molecule has 13 nitrogen and oxygen atoms in total. The molecule has 0 aliphatic carbocycles. The molecule has 3 aromatic carbocycles. The van der Waals surface area contributed by atoms with E-state index in [0.717, 1.165) is 12.1 Å². The summed E-state index contributed by atoms with van der Waals surface area (Å²) in [6.07, 6.45) is -2.92. The molecule has 5 rings (SSSR count). The van der Waals surface area contributed by atoms with Gasteiger partial charge in [0.05, 0.1) is 29.6 Å². The maximum absolute atomic E-state index is 13.3. The molecule has 210 valence electrons. The van der Waals surface area contributed by atoms with Crippen molar-refractivity contribution in [3.63, 3.8) is 0 Å². The molecule has 0 unspecified atom stereocenters. The van der Waals surface area contributed by atoms with Crippen LogP contribution in [-0.2, 0) is 10.9 Å². The Morgan fingerprint density at radius 3 is 2.39 bits per heavy atom. The summed E-state index contributed by atoms with van der Waals surface area (Å²) in [5.74, 6) is 0.609. The summed E-state index contributed by atoms with van der Waals surface area (Å²) in [4.78, 5) is 32.0. The quantitative estimate of drug-likeness (QED) is 0.196. The lowest BCUT2D eigenvalue weighted by Crippen LogP contribution is -2.21. The number of hydrogen-bond donors (Lipinski definition) is 4. The number of ether oxygens (including phenoxy) is 2. The number of rotatable bonds is 6. The van der Waals surface area contributed by atoms with E-state index >= 15 is 0 Å². The molecule has 3 amide bonds. The Labute approximate surface area is 228 Å². The Bertz CT molecular complexity index is 1720. The molecule has 0 spiro atoms. The van der Waals surface area contributed by atoms with Crippen molar-refractivity contribution >= 4 is 40.5 Å². The Morgan fingerprint density at radius 1 is 0.951 bits per heavy atom. The highest BCUT2D eigenvalue weighted by atomic mass is 19.4. The Kier molecular flexibility index (Phi) is 7.03. The molecule has 0 saturated heterocycles. The largest absolute Gasteiger partial charge is 0.457 e. The van der Waals surface area contributed by atoms with E-state index in [1.807, 2.05) is 0 Å². The van der Waals surface area contributed by atoms with Crippen molar-refractivity contribution in [2.75, 3.05) is 23.1 Å². The summed E-state index contributed by atoms with van der Waals surface area (Å²) < 4.78 is 52.0. The molecular weight excluding hydrogens is 549 g/mol. The average Bonchev–Trinajstić information content (AvgIpc) is 3.57. The Hall–Kier alpha value is -5.80. The fraction of sp³-hybridized carbons (Fsp3) is 0.0800. The zero-order valence-corrected chi connectivity index (χ0v) is 20.9. The molecule has 5 aromatic rings. The first kappa shape index (κ1) is 26.8. The van der Waals surface area contributed by atoms with Crippen molar-refractivity contribution in [2.24, 2.45) is 0 Å². The number of fused-ring (bicyclic) bond motifs is 1. The summed E-state index contributed by atoms with van der Waals surface area (Å²) in [7, 11) is 1.17. The molecule has 0 aliphatic rings. The molecule has 0 bridgehead atoms. The first-order valence-corrected chi connectivity index (χ1v) is 11.6. The Morgan fingerprint density at radius 2 is 1.71 bits per heavy atom. The number of amides is 3. The minimum atomic E-state index is -4.62. The number of carbonyl (C=O) groups is 2. The topological polar surface area (TPSA) is 157 Å². The second kappa shape index (κ2) is 10.8. The first-order valence-electron chi connectivity index (χ1n) is 11.6. The van der Waals surface area contributed by atoms with Crippen LogP contribution in [0.25, 0.3) is 16.7 Å². The molecular formula is C25H19F3N8O5. The zero-order chi connectivity index (χ0) is 29.1. The van der Waals surface area contributed by atoms with Gasteiger partial charge in [0.15, 0.2) is 0 Å². The van der Waals surface area contributed by atoms with Crippen LogP contribution in [0, 0.1) is 0 Å². The molecule has 0 radical (unpaired) electrons. The number of nitrogens with zero attached hydrogens (tertiary/aromatic N) is 5. The molecule has 0 fully saturated rings. The van der Waals surface area contributed by atoms with Gasteiger partial charge < -0.3 is 25.3 Å². The zero-order valence-electron chi connectivity index (χ0n) is 20.9. The maximum Gasteiger partial charge on any atom is 0.416 e. The predicted octanol–water partition coefficient (Wildman–Crippen LogP) is 5.49. The minimum absolute atomic E-state index is 0.131. The fourth-order valence-electron chi connectivity index (χ4n) is 3.71. The van der Waals surface area contributed by atoms with Gasteiger partial charge in [-0.2, -0.15) is 18.3 Å². The van der Waals surface area contributed by atoms with Crippen LogP contribution in [0.3, 0.4) is 0 Å². The lowest BCUT2D eigenvalue weighted by atomic mass is 10.1. The van der Waals surface area contributed by atoms with Crippen molar-refractivity contribution in [1.29, 1.82) is 0 Å². The number of alkyl halides is 3. The van der Waals surface area contributed by atoms with Crippen LogP contribution in [0.1, 0.15) is 5.56 Å². The number of anilines is 3. The highest BCUT2D eigenvalue weighted by Crippen LogP contribution is 2.33. The van der Waals surface area contributed by atoms with Crippen molar-refractivity contribution in [2.45, 2.75) is 6.18 Å². The van der Waals surface area contributed by atoms with Gasteiger partial charge in [0, 0.05) is 11.8 Å². The lowest BCUT2D eigenvalue weighted by Gasteiger charge is -2.15. The van der Waals surface area contributed by atoms with E-state index in [1.165, 1.54) is 54.8 Å². The summed E-state index contributed by atoms with van der Waals surface area (Å²) in [6.45, 7) is 0. The summed E-state index contributed by atoms with van der Waals surface area (Å²) in [6, 6.07) is 12.9. The molecule has 2 aromatic heterocycles. The summed E-state index contributed by atoms with van der Waals surface area (Å²) >= 11 is 0. The van der Waals surface area contributed by atoms with Crippen LogP contribution in [0.15, 0.2) is 73.3 Å². The number of aromatic nitrogens is 5. The number of urea groups is 1. The third kappa shape index (κ3) is 5.95. The third-order valence-electron chi connectivity index (χ3n) is 5.59. The number of methoxy groups -OCH3 is 1. The molecule has 0 saturated carbocycles. The maximum atomic E-state index is 13.3. The average molecular weight is 568 g/mol. The van der Waals surface area contributed by atoms with E-state index in [0.29, 0.717) is 33.0 Å². The monoisotopic (exact) mass is 568 g/mol. The number of imidazole rings is 1. The van der Waals surface area contributed by atoms with Crippen molar-refractivity contribution in [1.82, 2.24) is 24.5 Å². The van der Waals surface area contributed by atoms with Crippen LogP contribution in [0.5, 0.6) is 11.5 Å². The van der Waals surface area contributed by atoms with E-state index in [4.69, 9.17) is 4.74 Å². The molecule has 0 aliphatic heterocycles. The van der Waals surface area contributed by atoms with Gasteiger partial charge in [-0.1, -0.05) is 0 Å². The second-order valence-corrected chi connectivity index (χ2v) is 8.29. The van der Waals surface area contributed by atoms with Crippen molar-refractivity contribution in [3.05, 3.63) is 78.9 Å². The van der Waals surface area contributed by atoms with Gasteiger partial charge in [-0.3, -0.25) is 5.32 Å². The Balaban J connectivity index is 1.27. The first-order chi connectivity index (χ1) is 19.6. The van der Waals surface area contributed by atoms with Gasteiger partial charge in [0.1, 0.15) is 29.7 Å². The lowest BCUT2D eigenvalue weighted by molar-refractivity contribution is -0.137. The van der Waals surface area contributed by atoms with Gasteiger partial charge in [0.2, 0.25) is 5.95 Å². The van der Waals surface area contributed by atoms with Gasteiger partial charge in [-0.25, -0.2) is 24.2 Å². The van der Waals surface area contributed by atoms with E-state index in [1.54, 1.807) is 18.2 Å². The normalized spacial score (nSPS) is 11.2. The minimum Gasteiger partial charge on any atom is -0.457 e. The van der Waals surface area contributed by atoms with Gasteiger partial charge >= 0.3 is 18.3 Å². The van der Waals surface area contributed by atoms with Crippen molar-refractivity contribution in [3.8, 4) is 17.2 Å². The van der Waals surface area contributed by atoms with E-state index in [-0.39, 0.29) is 17.3 Å². The molecule has 16 heteroatoms. The molecule has 0 atom stereocenters. The van der Waals surface area contributed by atoms with Crippen LogP contribution in [0.4, 0.5) is 40.1 Å². The van der Waals surface area contributed by atoms with Crippen molar-refractivity contribution < 1.29 is 37.4 Å². The SMILES string of the molecule is COC(=O)Nc1nc2cc(Oc3ccc(NC(=O)Nc4cc(C(F)(F)F)ccc4-n4cncn4)cc3)ccc2n1O. The molecule has 2 heterocycles. The number of nitrogens with one attached hydrogen (secondary N) is 3. The van der Waals surface area contributed by atoms with Gasteiger partial charge in [0.25, 0.3) is 0 Å². The summed E-state index contributed by atoms with van der Waals surface area (Å²) in [5, 5.41) is 21.3. The number of hydrogen-bond acceptors (Lipinski definition) is 8. The third-order valence-corrected chi connectivity index (χ3v) is 5.59. The van der Waals surface area contributed by atoms with Gasteiger partial charge in [-0.15, -0.1) is 4.73 Å². The smallest absolute Gasteiger partial charge is 0.416 e. The van der Waals surface area contributed by atoms with Gasteiger partial charge in [-0.05, 0) is 54.6 Å².